The van der Waals surface area contributed by atoms with Crippen molar-refractivity contribution in [1.29, 1.82) is 0 Å². The van der Waals surface area contributed by atoms with Gasteiger partial charge in [-0.1, -0.05) is 0 Å². The fourth-order valence-corrected chi connectivity index (χ4v) is 0.311. The van der Waals surface area contributed by atoms with E-state index in [9.17, 15) is 14.0 Å². The van der Waals surface area contributed by atoms with Crippen LogP contribution < -0.4 is 5.32 Å². The van der Waals surface area contributed by atoms with Gasteiger partial charge in [0.25, 0.3) is 0 Å². The summed E-state index contributed by atoms with van der Waals surface area (Å²) in [5, 5.41) is 2.13. The molecule has 4 heteroatoms. The van der Waals surface area contributed by atoms with E-state index in [0.29, 0.717) is 6.41 Å². The Hall–Kier alpha value is -0.930. The maximum Gasteiger partial charge on any atom is 0.207 e. The molecule has 1 unspecified atom stereocenters. The topological polar surface area (TPSA) is 46.2 Å². The van der Waals surface area contributed by atoms with Crippen LogP contribution in [-0.4, -0.2) is 24.9 Å². The normalized spacial score (nSPS) is 12.2. The van der Waals surface area contributed by atoms with E-state index in [4.69, 9.17) is 0 Å². The molecule has 1 N–H and O–H groups in total. The van der Waals surface area contributed by atoms with Crippen LogP contribution in [0, 0.1) is 0 Å². The highest BCUT2D eigenvalue weighted by molar-refractivity contribution is 5.86. The van der Waals surface area contributed by atoms with E-state index in [2.05, 4.69) is 5.32 Å². The third-order valence-electron chi connectivity index (χ3n) is 0.933. The van der Waals surface area contributed by atoms with E-state index in [1.54, 1.807) is 0 Å². The van der Waals surface area contributed by atoms with E-state index >= 15 is 0 Å². The molecule has 3 nitrogen and oxygen atoms in total. The maximum absolute atomic E-state index is 11.5. The molecule has 0 aliphatic rings. The van der Waals surface area contributed by atoms with Gasteiger partial charge in [-0.2, -0.15) is 0 Å². The van der Waals surface area contributed by atoms with Gasteiger partial charge in [0.2, 0.25) is 6.41 Å². The molecule has 0 aromatic carbocycles. The van der Waals surface area contributed by atoms with Gasteiger partial charge in [-0.15, -0.1) is 0 Å². The van der Waals surface area contributed by atoms with E-state index in [0.717, 1.165) is 0 Å². The van der Waals surface area contributed by atoms with E-state index < -0.39 is 18.5 Å². The number of amides is 1. The highest BCUT2D eigenvalue weighted by Gasteiger charge is 2.09. The second-order valence-electron chi connectivity index (χ2n) is 1.61. The van der Waals surface area contributed by atoms with Crippen molar-refractivity contribution in [2.45, 2.75) is 13.0 Å². The number of hydrogen-bond acceptors (Lipinski definition) is 2. The van der Waals surface area contributed by atoms with Crippen LogP contribution in [0.3, 0.4) is 0 Å². The molecule has 52 valence electrons. The fourth-order valence-electron chi connectivity index (χ4n) is 0.311. The van der Waals surface area contributed by atoms with Crippen LogP contribution in [0.2, 0.25) is 0 Å². The summed E-state index contributed by atoms with van der Waals surface area (Å²) in [7, 11) is 0. The lowest BCUT2D eigenvalue weighted by Crippen LogP contribution is -2.33. The van der Waals surface area contributed by atoms with Crippen molar-refractivity contribution >= 4 is 12.2 Å². The number of rotatable bonds is 4. The number of alkyl halides is 1. The van der Waals surface area contributed by atoms with Crippen LogP contribution in [0.25, 0.3) is 0 Å². The number of nitrogens with one attached hydrogen (secondary N) is 1. The summed E-state index contributed by atoms with van der Waals surface area (Å²) in [5.74, 6) is -0.609. The Balaban J connectivity index is 3.58. The van der Waals surface area contributed by atoms with Gasteiger partial charge in [-0.05, 0) is 6.92 Å². The number of carbonyl (C=O) groups excluding carboxylic acids is 2. The molecule has 0 bridgehead atoms. The quantitative estimate of drug-likeness (QED) is 0.533. The molecule has 0 saturated carbocycles. The summed E-state index contributed by atoms with van der Waals surface area (Å²) in [6.45, 7) is 0.401. The third-order valence-corrected chi connectivity index (χ3v) is 0.933. The van der Waals surface area contributed by atoms with Gasteiger partial charge in [0.15, 0.2) is 5.78 Å². The lowest BCUT2D eigenvalue weighted by atomic mass is 10.2. The minimum Gasteiger partial charge on any atom is -0.349 e. The monoisotopic (exact) mass is 133 g/mol. The lowest BCUT2D eigenvalue weighted by molar-refractivity contribution is -0.123. The largest absolute Gasteiger partial charge is 0.349 e. The van der Waals surface area contributed by atoms with Gasteiger partial charge in [-0.25, -0.2) is 4.39 Å². The van der Waals surface area contributed by atoms with Crippen LogP contribution in [0.5, 0.6) is 0 Å². The van der Waals surface area contributed by atoms with Crippen molar-refractivity contribution in [2.24, 2.45) is 0 Å². The summed E-state index contributed by atoms with van der Waals surface area (Å²) in [6.07, 6.45) is 0.373. The third kappa shape index (κ3) is 2.79. The van der Waals surface area contributed by atoms with Crippen LogP contribution >= 0.6 is 0 Å². The highest BCUT2D eigenvalue weighted by Crippen LogP contribution is 1.82. The molecule has 0 spiro atoms. The first-order valence-electron chi connectivity index (χ1n) is 2.50. The van der Waals surface area contributed by atoms with Crippen molar-refractivity contribution in [3.05, 3.63) is 0 Å². The van der Waals surface area contributed by atoms with Crippen molar-refractivity contribution in [1.82, 2.24) is 5.32 Å². The smallest absolute Gasteiger partial charge is 0.207 e. The van der Waals surface area contributed by atoms with Gasteiger partial charge in [0.1, 0.15) is 6.67 Å². The summed E-state index contributed by atoms with van der Waals surface area (Å²) in [6, 6.07) is -0.701. The second-order valence-corrected chi connectivity index (χ2v) is 1.61. The zero-order chi connectivity index (χ0) is 7.28. The lowest BCUT2D eigenvalue weighted by Gasteiger charge is -2.03. The molecular weight excluding hydrogens is 125 g/mol. The molecule has 1 atom stereocenters. The first-order chi connectivity index (χ1) is 4.22. The average Bonchev–Trinajstić information content (AvgIpc) is 1.87. The molecule has 0 aliphatic heterocycles. The summed E-state index contributed by atoms with van der Waals surface area (Å²) in [5.41, 5.74) is 0. The first kappa shape index (κ1) is 8.07. The molecule has 1 amide bonds. The molecule has 0 saturated heterocycles. The second kappa shape index (κ2) is 4.00. The first-order valence-corrected chi connectivity index (χ1v) is 2.50. The molecule has 0 aromatic heterocycles. The molecule has 9 heavy (non-hydrogen) atoms. The Morgan fingerprint density at radius 3 is 2.78 bits per heavy atom. The number of hydrogen-bond donors (Lipinski definition) is 1. The Morgan fingerprint density at radius 2 is 2.44 bits per heavy atom. The van der Waals surface area contributed by atoms with Gasteiger partial charge in [0, 0.05) is 0 Å². The number of Topliss-reactive ketones (excluding diaryl/α,β-unsaturated/α-hetero) is 1. The minimum atomic E-state index is -1.03. The Kier molecular flexibility index (Phi) is 3.59. The van der Waals surface area contributed by atoms with Crippen LogP contribution in [0.15, 0.2) is 0 Å². The van der Waals surface area contributed by atoms with Crippen LogP contribution in [0.4, 0.5) is 4.39 Å². The zero-order valence-corrected chi connectivity index (χ0v) is 5.06. The SMILES string of the molecule is CC(NC=O)C(=O)CF. The molecule has 0 fully saturated rings. The van der Waals surface area contributed by atoms with Crippen LogP contribution in [0.1, 0.15) is 6.92 Å². The Morgan fingerprint density at radius 1 is 1.89 bits per heavy atom. The molecule has 0 aliphatic carbocycles. The summed E-state index contributed by atoms with van der Waals surface area (Å²) >= 11 is 0. The predicted molar refractivity (Wildman–Crippen MR) is 29.6 cm³/mol. The minimum absolute atomic E-state index is 0.373. The number of ketones is 1. The van der Waals surface area contributed by atoms with Gasteiger partial charge in [0.05, 0.1) is 6.04 Å². The molecule has 0 rings (SSSR count). The van der Waals surface area contributed by atoms with Gasteiger partial charge < -0.3 is 5.32 Å². The zero-order valence-electron chi connectivity index (χ0n) is 5.06. The summed E-state index contributed by atoms with van der Waals surface area (Å²) in [4.78, 5) is 20.0. The Bertz CT molecular complexity index is 116. The van der Waals surface area contributed by atoms with E-state index in [1.807, 2.05) is 0 Å². The average molecular weight is 133 g/mol. The maximum atomic E-state index is 11.5. The van der Waals surface area contributed by atoms with Crippen molar-refractivity contribution in [2.75, 3.05) is 6.67 Å². The summed E-state index contributed by atoms with van der Waals surface area (Å²) < 4.78 is 11.5. The van der Waals surface area contributed by atoms with E-state index in [-0.39, 0.29) is 0 Å². The van der Waals surface area contributed by atoms with Crippen LogP contribution in [-0.2, 0) is 9.59 Å². The van der Waals surface area contributed by atoms with Gasteiger partial charge >= 0.3 is 0 Å². The van der Waals surface area contributed by atoms with Crippen molar-refractivity contribution in [3.63, 3.8) is 0 Å². The Labute approximate surface area is 52.2 Å². The molecule has 0 aromatic rings. The number of carbonyl (C=O) groups is 2. The van der Waals surface area contributed by atoms with E-state index in [1.165, 1.54) is 6.92 Å². The molecule has 0 heterocycles. The standard InChI is InChI=1S/C5H8FNO2/c1-4(7-3-8)5(9)2-6/h3-4H,2H2,1H3,(H,7,8). The fraction of sp³-hybridized carbons (Fsp3) is 0.600. The highest BCUT2D eigenvalue weighted by atomic mass is 19.1. The van der Waals surface area contributed by atoms with Gasteiger partial charge in [-0.3, -0.25) is 9.59 Å². The number of halogens is 1. The molecular formula is C5H8FNO2. The molecule has 0 radical (unpaired) electrons. The van der Waals surface area contributed by atoms with Crippen molar-refractivity contribution < 1.29 is 14.0 Å². The van der Waals surface area contributed by atoms with Crippen molar-refractivity contribution in [3.8, 4) is 0 Å². The predicted octanol–water partition coefficient (Wildman–Crippen LogP) is -0.341.